The molecule has 0 amide bonds. The molecule has 1 atom stereocenters. The van der Waals surface area contributed by atoms with E-state index < -0.39 is 38.9 Å². The Morgan fingerprint density at radius 2 is 2.00 bits per heavy atom. The SMILES string of the molecule is C[C@@H](NS(=O)(=O)CCCn1cc(F)c(=O)[nH]c1=O)c1ccc(F)c(OCC2CC2)c1. The van der Waals surface area contributed by atoms with Gasteiger partial charge in [-0.15, -0.1) is 0 Å². The van der Waals surface area contributed by atoms with Crippen molar-refractivity contribution in [1.29, 1.82) is 0 Å². The molecule has 8 nitrogen and oxygen atoms in total. The maximum absolute atomic E-state index is 13.9. The van der Waals surface area contributed by atoms with Gasteiger partial charge >= 0.3 is 5.69 Å². The number of aryl methyl sites for hydroxylation is 1. The second-order valence-electron chi connectivity index (χ2n) is 7.39. The van der Waals surface area contributed by atoms with Crippen LogP contribution in [0.4, 0.5) is 8.78 Å². The zero-order valence-electron chi connectivity index (χ0n) is 16.4. The van der Waals surface area contributed by atoms with Gasteiger partial charge in [-0.2, -0.15) is 4.39 Å². The molecule has 1 saturated carbocycles. The van der Waals surface area contributed by atoms with Gasteiger partial charge < -0.3 is 4.74 Å². The highest BCUT2D eigenvalue weighted by molar-refractivity contribution is 7.89. The second-order valence-corrected chi connectivity index (χ2v) is 9.26. The van der Waals surface area contributed by atoms with Crippen molar-refractivity contribution in [3.63, 3.8) is 0 Å². The number of nitrogens with one attached hydrogen (secondary N) is 2. The average molecular weight is 443 g/mol. The highest BCUT2D eigenvalue weighted by Crippen LogP contribution is 2.31. The zero-order valence-corrected chi connectivity index (χ0v) is 17.2. The fourth-order valence-corrected chi connectivity index (χ4v) is 4.16. The second kappa shape index (κ2) is 9.09. The number of H-pyrrole nitrogens is 1. The Bertz CT molecular complexity index is 1130. The van der Waals surface area contributed by atoms with Crippen molar-refractivity contribution in [2.45, 2.75) is 38.8 Å². The van der Waals surface area contributed by atoms with Gasteiger partial charge in [-0.1, -0.05) is 6.07 Å². The predicted octanol–water partition coefficient (Wildman–Crippen LogP) is 1.67. The lowest BCUT2D eigenvalue weighted by molar-refractivity contribution is 0.285. The van der Waals surface area contributed by atoms with E-state index in [4.69, 9.17) is 4.74 Å². The molecule has 1 aromatic carbocycles. The number of hydrogen-bond donors (Lipinski definition) is 2. The molecule has 30 heavy (non-hydrogen) atoms. The lowest BCUT2D eigenvalue weighted by Crippen LogP contribution is -2.33. The van der Waals surface area contributed by atoms with Crippen LogP contribution in [0.2, 0.25) is 0 Å². The van der Waals surface area contributed by atoms with Gasteiger partial charge in [0.05, 0.1) is 18.6 Å². The van der Waals surface area contributed by atoms with Crippen molar-refractivity contribution >= 4 is 10.0 Å². The highest BCUT2D eigenvalue weighted by Gasteiger charge is 2.23. The largest absolute Gasteiger partial charge is 0.490 e. The third kappa shape index (κ3) is 5.99. The minimum atomic E-state index is -3.73. The fraction of sp³-hybridized carbons (Fsp3) is 0.474. The first-order valence-electron chi connectivity index (χ1n) is 9.56. The summed E-state index contributed by atoms with van der Waals surface area (Å²) in [5.41, 5.74) is -1.39. The number of aromatic amines is 1. The molecule has 11 heteroatoms. The average Bonchev–Trinajstić information content (AvgIpc) is 3.49. The predicted molar refractivity (Wildman–Crippen MR) is 106 cm³/mol. The van der Waals surface area contributed by atoms with Crippen LogP contribution in [-0.4, -0.2) is 30.3 Å². The van der Waals surface area contributed by atoms with Gasteiger partial charge in [-0.05, 0) is 49.8 Å². The Morgan fingerprint density at radius 1 is 1.27 bits per heavy atom. The number of sulfonamides is 1. The molecule has 2 N–H and O–H groups in total. The van der Waals surface area contributed by atoms with Crippen LogP contribution in [0.5, 0.6) is 5.75 Å². The van der Waals surface area contributed by atoms with E-state index >= 15 is 0 Å². The first kappa shape index (κ1) is 22.2. The Hall–Kier alpha value is -2.53. The molecule has 1 fully saturated rings. The molecule has 1 aliphatic carbocycles. The van der Waals surface area contributed by atoms with Gasteiger partial charge in [0.25, 0.3) is 5.56 Å². The van der Waals surface area contributed by atoms with Crippen LogP contribution < -0.4 is 20.7 Å². The van der Waals surface area contributed by atoms with Gasteiger partial charge in [-0.3, -0.25) is 14.3 Å². The summed E-state index contributed by atoms with van der Waals surface area (Å²) in [7, 11) is -3.73. The minimum Gasteiger partial charge on any atom is -0.490 e. The quantitative estimate of drug-likeness (QED) is 0.581. The zero-order chi connectivity index (χ0) is 21.9. The van der Waals surface area contributed by atoms with E-state index in [9.17, 15) is 26.8 Å². The molecule has 0 saturated heterocycles. The van der Waals surface area contributed by atoms with E-state index in [1.165, 1.54) is 18.2 Å². The molecule has 3 rings (SSSR count). The smallest absolute Gasteiger partial charge is 0.328 e. The molecule has 0 unspecified atom stereocenters. The first-order valence-corrected chi connectivity index (χ1v) is 11.2. The number of aromatic nitrogens is 2. The molecule has 0 aliphatic heterocycles. The molecule has 2 aromatic rings. The van der Waals surface area contributed by atoms with Crippen LogP contribution in [0.3, 0.4) is 0 Å². The van der Waals surface area contributed by atoms with Crippen molar-refractivity contribution < 1.29 is 21.9 Å². The molecule has 1 aromatic heterocycles. The molecule has 0 bridgehead atoms. The van der Waals surface area contributed by atoms with Gasteiger partial charge in [-0.25, -0.2) is 22.3 Å². The Kier molecular flexibility index (Phi) is 6.71. The number of nitrogens with zero attached hydrogens (tertiary/aromatic N) is 1. The van der Waals surface area contributed by atoms with Gasteiger partial charge in [0.15, 0.2) is 11.6 Å². The summed E-state index contributed by atoms with van der Waals surface area (Å²) in [6.45, 7) is 1.97. The lowest BCUT2D eigenvalue weighted by Gasteiger charge is -2.16. The van der Waals surface area contributed by atoms with Crippen LogP contribution in [-0.2, 0) is 16.6 Å². The third-order valence-corrected chi connectivity index (χ3v) is 6.30. The van der Waals surface area contributed by atoms with E-state index in [-0.39, 0.29) is 24.5 Å². The number of ether oxygens (including phenoxy) is 1. The van der Waals surface area contributed by atoms with E-state index in [2.05, 4.69) is 4.72 Å². The molecule has 164 valence electrons. The summed E-state index contributed by atoms with van der Waals surface area (Å²) in [5, 5.41) is 0. The molecule has 0 radical (unpaired) electrons. The number of rotatable bonds is 10. The highest BCUT2D eigenvalue weighted by atomic mass is 32.2. The first-order chi connectivity index (χ1) is 14.1. The van der Waals surface area contributed by atoms with Crippen LogP contribution in [0.15, 0.2) is 34.0 Å². The Labute approximate surface area is 171 Å². The van der Waals surface area contributed by atoms with Crippen LogP contribution >= 0.6 is 0 Å². The molecule has 1 heterocycles. The maximum atomic E-state index is 13.9. The van der Waals surface area contributed by atoms with E-state index in [1.54, 1.807) is 6.92 Å². The number of benzene rings is 1. The number of halogens is 2. The van der Waals surface area contributed by atoms with Crippen molar-refractivity contribution in [2.24, 2.45) is 5.92 Å². The monoisotopic (exact) mass is 443 g/mol. The molecule has 0 spiro atoms. The summed E-state index contributed by atoms with van der Waals surface area (Å²) < 4.78 is 60.8. The normalized spacial score (nSPS) is 15.2. The van der Waals surface area contributed by atoms with Crippen LogP contribution in [0.1, 0.15) is 37.8 Å². The lowest BCUT2D eigenvalue weighted by atomic mass is 10.1. The van der Waals surface area contributed by atoms with Gasteiger partial charge in [0, 0.05) is 12.6 Å². The van der Waals surface area contributed by atoms with Crippen molar-refractivity contribution in [2.75, 3.05) is 12.4 Å². The molecular formula is C19H23F2N3O5S. The van der Waals surface area contributed by atoms with Gasteiger partial charge in [0.2, 0.25) is 15.8 Å². The summed E-state index contributed by atoms with van der Waals surface area (Å²) >= 11 is 0. The van der Waals surface area contributed by atoms with Crippen LogP contribution in [0, 0.1) is 17.6 Å². The van der Waals surface area contributed by atoms with Gasteiger partial charge in [0.1, 0.15) is 0 Å². The summed E-state index contributed by atoms with van der Waals surface area (Å²) in [6, 6.07) is 3.56. The van der Waals surface area contributed by atoms with Crippen molar-refractivity contribution in [3.8, 4) is 5.75 Å². The maximum Gasteiger partial charge on any atom is 0.328 e. The fourth-order valence-electron chi connectivity index (χ4n) is 2.86. The summed E-state index contributed by atoms with van der Waals surface area (Å²) in [4.78, 5) is 24.4. The molecule has 1 aliphatic rings. The van der Waals surface area contributed by atoms with Crippen LogP contribution in [0.25, 0.3) is 0 Å². The topological polar surface area (TPSA) is 110 Å². The number of hydrogen-bond acceptors (Lipinski definition) is 5. The third-order valence-electron chi connectivity index (χ3n) is 4.76. The Morgan fingerprint density at radius 3 is 2.70 bits per heavy atom. The Balaban J connectivity index is 1.58. The minimum absolute atomic E-state index is 0.0204. The van der Waals surface area contributed by atoms with Crippen molar-refractivity contribution in [3.05, 3.63) is 62.4 Å². The van der Waals surface area contributed by atoms with Crippen molar-refractivity contribution in [1.82, 2.24) is 14.3 Å². The summed E-state index contributed by atoms with van der Waals surface area (Å²) in [6.07, 6.45) is 2.89. The van der Waals surface area contributed by atoms with E-state index in [0.717, 1.165) is 23.6 Å². The standard InChI is InChI=1S/C19H23F2N3O5S/c1-12(14-5-6-15(20)17(9-14)29-11-13-3-4-13)23-30(27,28)8-2-7-24-10-16(21)18(25)22-19(24)26/h5-6,9-10,12-13,23H,2-4,7-8,11H2,1H3,(H,22,25,26)/t12-/m1/s1. The molecular weight excluding hydrogens is 420 g/mol. The van der Waals surface area contributed by atoms with E-state index in [1.807, 2.05) is 4.98 Å². The summed E-state index contributed by atoms with van der Waals surface area (Å²) in [5.74, 6) is -1.41. The van der Waals surface area contributed by atoms with E-state index in [0.29, 0.717) is 18.1 Å².